The summed E-state index contributed by atoms with van der Waals surface area (Å²) >= 11 is 0. The number of hydrogen-bond donors (Lipinski definition) is 1. The third-order valence-corrected chi connectivity index (χ3v) is 3.93. The number of rotatable bonds is 3. The maximum atomic E-state index is 12.5. The lowest BCUT2D eigenvalue weighted by molar-refractivity contribution is -0.118. The number of anilines is 2. The van der Waals surface area contributed by atoms with Crippen LogP contribution >= 0.6 is 0 Å². The maximum Gasteiger partial charge on any atom is 0.271 e. The van der Waals surface area contributed by atoms with E-state index in [0.29, 0.717) is 17.8 Å². The number of amides is 2. The maximum absolute atomic E-state index is 12.5. The van der Waals surface area contributed by atoms with Crippen molar-refractivity contribution in [2.24, 2.45) is 5.10 Å². The molecule has 0 atom stereocenters. The lowest BCUT2D eigenvalue weighted by Gasteiger charge is -2.23. The highest BCUT2D eigenvalue weighted by atomic mass is 16.2. The van der Waals surface area contributed by atoms with E-state index < -0.39 is 0 Å². The van der Waals surface area contributed by atoms with Crippen molar-refractivity contribution in [1.29, 1.82) is 0 Å². The summed E-state index contributed by atoms with van der Waals surface area (Å²) < 4.78 is 0. The van der Waals surface area contributed by atoms with E-state index in [4.69, 9.17) is 0 Å². The van der Waals surface area contributed by atoms with E-state index in [9.17, 15) is 9.59 Å². The summed E-state index contributed by atoms with van der Waals surface area (Å²) in [6, 6.07) is 15.0. The van der Waals surface area contributed by atoms with Gasteiger partial charge in [0, 0.05) is 18.5 Å². The van der Waals surface area contributed by atoms with Gasteiger partial charge in [-0.15, -0.1) is 0 Å². The Morgan fingerprint density at radius 2 is 1.83 bits per heavy atom. The first-order valence-electron chi connectivity index (χ1n) is 7.88. The lowest BCUT2D eigenvalue weighted by Crippen LogP contribution is -2.36. The van der Waals surface area contributed by atoms with Gasteiger partial charge in [-0.25, -0.2) is 5.01 Å². The van der Waals surface area contributed by atoms with Crippen molar-refractivity contribution in [3.8, 4) is 0 Å². The van der Waals surface area contributed by atoms with Crippen LogP contribution in [0.3, 0.4) is 0 Å². The van der Waals surface area contributed by atoms with Crippen molar-refractivity contribution < 1.29 is 9.59 Å². The molecule has 2 aromatic rings. The Balaban J connectivity index is 1.82. The lowest BCUT2D eigenvalue weighted by atomic mass is 10.1. The number of carbonyl (C=O) groups is 2. The highest BCUT2D eigenvalue weighted by molar-refractivity contribution is 6.44. The van der Waals surface area contributed by atoms with Gasteiger partial charge in [-0.05, 0) is 37.6 Å². The van der Waals surface area contributed by atoms with Crippen molar-refractivity contribution in [2.75, 3.05) is 10.3 Å². The van der Waals surface area contributed by atoms with Crippen LogP contribution in [0.25, 0.3) is 0 Å². The molecule has 1 aliphatic rings. The first-order chi connectivity index (χ1) is 11.5. The molecule has 0 aromatic heterocycles. The third kappa shape index (κ3) is 3.35. The van der Waals surface area contributed by atoms with Crippen LogP contribution in [0.4, 0.5) is 11.4 Å². The molecule has 1 heterocycles. The molecule has 0 unspecified atom stereocenters. The van der Waals surface area contributed by atoms with E-state index >= 15 is 0 Å². The molecule has 1 N–H and O–H groups in total. The standard InChI is InChI=1S/C19H19N3O2/c1-13-8-9-16(14(2)12-13)20-19(24)17-10-11-18(23)22(21-17)15-6-4-3-5-7-15/h3-9,12H,10-11H2,1-2H3,(H,20,24). The summed E-state index contributed by atoms with van der Waals surface area (Å²) in [5.74, 6) is -0.375. The largest absolute Gasteiger partial charge is 0.321 e. The minimum absolute atomic E-state index is 0.107. The molecule has 0 radical (unpaired) electrons. The number of nitrogens with zero attached hydrogens (tertiary/aromatic N) is 2. The van der Waals surface area contributed by atoms with Gasteiger partial charge in [-0.3, -0.25) is 9.59 Å². The highest BCUT2D eigenvalue weighted by Crippen LogP contribution is 2.21. The third-order valence-electron chi connectivity index (χ3n) is 3.93. The van der Waals surface area contributed by atoms with Gasteiger partial charge in [0.05, 0.1) is 5.69 Å². The summed E-state index contributed by atoms with van der Waals surface area (Å²) in [5.41, 5.74) is 3.92. The van der Waals surface area contributed by atoms with Gasteiger partial charge < -0.3 is 5.32 Å². The zero-order chi connectivity index (χ0) is 17.1. The smallest absolute Gasteiger partial charge is 0.271 e. The molecule has 5 heteroatoms. The molecule has 0 saturated carbocycles. The van der Waals surface area contributed by atoms with E-state index in [1.807, 2.05) is 50.2 Å². The zero-order valence-corrected chi connectivity index (χ0v) is 13.7. The fourth-order valence-corrected chi connectivity index (χ4v) is 2.64. The van der Waals surface area contributed by atoms with Crippen LogP contribution in [0.5, 0.6) is 0 Å². The fourth-order valence-electron chi connectivity index (χ4n) is 2.64. The molecular formula is C19H19N3O2. The molecule has 0 aliphatic carbocycles. The minimum atomic E-state index is -0.268. The Bertz CT molecular complexity index is 813. The van der Waals surface area contributed by atoms with Gasteiger partial charge in [0.25, 0.3) is 5.91 Å². The number of hydrogen-bond acceptors (Lipinski definition) is 3. The first-order valence-corrected chi connectivity index (χ1v) is 7.88. The zero-order valence-electron chi connectivity index (χ0n) is 13.7. The predicted molar refractivity (Wildman–Crippen MR) is 95.1 cm³/mol. The normalized spacial score (nSPS) is 14.3. The molecule has 0 bridgehead atoms. The Morgan fingerprint density at radius 3 is 2.54 bits per heavy atom. The summed E-state index contributed by atoms with van der Waals surface area (Å²) in [6.07, 6.45) is 0.618. The quantitative estimate of drug-likeness (QED) is 0.941. The van der Waals surface area contributed by atoms with Crippen LogP contribution in [-0.2, 0) is 9.59 Å². The van der Waals surface area contributed by atoms with Gasteiger partial charge in [0.15, 0.2) is 0 Å². The Hall–Kier alpha value is -2.95. The molecule has 0 fully saturated rings. The molecule has 2 amide bonds. The van der Waals surface area contributed by atoms with E-state index in [0.717, 1.165) is 16.8 Å². The van der Waals surface area contributed by atoms with Gasteiger partial charge in [-0.2, -0.15) is 5.10 Å². The predicted octanol–water partition coefficient (Wildman–Crippen LogP) is 3.42. The van der Waals surface area contributed by atoms with Crippen molar-refractivity contribution in [2.45, 2.75) is 26.7 Å². The first kappa shape index (κ1) is 15.9. The van der Waals surface area contributed by atoms with Crippen LogP contribution in [0.2, 0.25) is 0 Å². The van der Waals surface area contributed by atoms with Crippen molar-refractivity contribution in [1.82, 2.24) is 0 Å². The van der Waals surface area contributed by atoms with E-state index in [-0.39, 0.29) is 18.2 Å². The molecule has 24 heavy (non-hydrogen) atoms. The van der Waals surface area contributed by atoms with Gasteiger partial charge in [-0.1, -0.05) is 35.9 Å². The average Bonchev–Trinajstić information content (AvgIpc) is 2.58. The Kier molecular flexibility index (Phi) is 4.42. The van der Waals surface area contributed by atoms with Crippen molar-refractivity contribution >= 4 is 28.9 Å². The second-order valence-electron chi connectivity index (χ2n) is 5.86. The van der Waals surface area contributed by atoms with Crippen LogP contribution in [0.15, 0.2) is 53.6 Å². The number of nitrogens with one attached hydrogen (secondary N) is 1. The number of carbonyl (C=O) groups excluding carboxylic acids is 2. The number of aryl methyl sites for hydroxylation is 2. The van der Waals surface area contributed by atoms with E-state index in [1.54, 1.807) is 12.1 Å². The number of hydrazone groups is 1. The monoisotopic (exact) mass is 321 g/mol. The minimum Gasteiger partial charge on any atom is -0.321 e. The average molecular weight is 321 g/mol. The van der Waals surface area contributed by atoms with Crippen LogP contribution < -0.4 is 10.3 Å². The van der Waals surface area contributed by atoms with Crippen LogP contribution in [-0.4, -0.2) is 17.5 Å². The van der Waals surface area contributed by atoms with Crippen molar-refractivity contribution in [3.63, 3.8) is 0 Å². The second kappa shape index (κ2) is 6.66. The number of para-hydroxylation sites is 1. The van der Waals surface area contributed by atoms with Gasteiger partial charge >= 0.3 is 0 Å². The molecule has 0 spiro atoms. The van der Waals surface area contributed by atoms with Crippen LogP contribution in [0.1, 0.15) is 24.0 Å². The molecule has 3 rings (SSSR count). The Labute approximate surface area is 141 Å². The summed E-state index contributed by atoms with van der Waals surface area (Å²) in [4.78, 5) is 24.6. The molecule has 1 aliphatic heterocycles. The summed E-state index contributed by atoms with van der Waals surface area (Å²) in [5, 5.41) is 8.46. The fraction of sp³-hybridized carbons (Fsp3) is 0.211. The second-order valence-corrected chi connectivity index (χ2v) is 5.86. The number of benzene rings is 2. The molecule has 122 valence electrons. The van der Waals surface area contributed by atoms with Crippen LogP contribution in [0, 0.1) is 13.8 Å². The van der Waals surface area contributed by atoms with E-state index in [2.05, 4.69) is 10.4 Å². The SMILES string of the molecule is Cc1ccc(NC(=O)C2=NN(c3ccccc3)C(=O)CC2)c(C)c1. The van der Waals surface area contributed by atoms with Gasteiger partial charge in [0.2, 0.25) is 5.91 Å². The summed E-state index contributed by atoms with van der Waals surface area (Å²) in [7, 11) is 0. The molecule has 5 nitrogen and oxygen atoms in total. The molecule has 0 saturated heterocycles. The topological polar surface area (TPSA) is 61.8 Å². The van der Waals surface area contributed by atoms with Gasteiger partial charge in [0.1, 0.15) is 5.71 Å². The Morgan fingerprint density at radius 1 is 1.08 bits per heavy atom. The van der Waals surface area contributed by atoms with Crippen molar-refractivity contribution in [3.05, 3.63) is 59.7 Å². The highest BCUT2D eigenvalue weighted by Gasteiger charge is 2.25. The molecular weight excluding hydrogens is 302 g/mol. The van der Waals surface area contributed by atoms with E-state index in [1.165, 1.54) is 5.01 Å². The molecule has 2 aromatic carbocycles. The summed E-state index contributed by atoms with van der Waals surface area (Å²) in [6.45, 7) is 3.96.